The first kappa shape index (κ1) is 13.0. The number of allylic oxidation sites excluding steroid dienone is 3. The standard InChI is InChI=1S/C7H6ClF3IN/c1-4(12)3-5(6(8)13-2)7(9,10)11/h3H,2H2,1H3/b4-3+,6-5+. The summed E-state index contributed by atoms with van der Waals surface area (Å²) in [5.74, 6) is 0. The Kier molecular flexibility index (Phi) is 4.98. The highest BCUT2D eigenvalue weighted by atomic mass is 127. The normalized spacial score (nSPS) is 15.4. The molecule has 1 nitrogen and oxygen atoms in total. The zero-order valence-electron chi connectivity index (χ0n) is 6.62. The Morgan fingerprint density at radius 1 is 1.54 bits per heavy atom. The third-order valence-electron chi connectivity index (χ3n) is 1.01. The lowest BCUT2D eigenvalue weighted by Crippen LogP contribution is -2.11. The summed E-state index contributed by atoms with van der Waals surface area (Å²) in [6, 6.07) is 0. The van der Waals surface area contributed by atoms with Gasteiger partial charge in [-0.05, 0) is 45.9 Å². The van der Waals surface area contributed by atoms with Crippen LogP contribution in [0.1, 0.15) is 6.92 Å². The minimum absolute atomic E-state index is 0.465. The fraction of sp³-hybridized carbons (Fsp3) is 0.286. The van der Waals surface area contributed by atoms with Gasteiger partial charge in [0.05, 0.1) is 5.57 Å². The highest BCUT2D eigenvalue weighted by molar-refractivity contribution is 14.1. The molecular formula is C7H6ClF3IN. The summed E-state index contributed by atoms with van der Waals surface area (Å²) in [6.07, 6.45) is -3.58. The fourth-order valence-electron chi connectivity index (χ4n) is 0.542. The minimum atomic E-state index is -4.50. The van der Waals surface area contributed by atoms with Crippen LogP contribution in [0.15, 0.2) is 25.4 Å². The van der Waals surface area contributed by atoms with Crippen LogP contribution in [0.25, 0.3) is 0 Å². The maximum atomic E-state index is 12.2. The van der Waals surface area contributed by atoms with E-state index >= 15 is 0 Å². The van der Waals surface area contributed by atoms with Gasteiger partial charge in [-0.2, -0.15) is 13.2 Å². The number of nitrogens with zero attached hydrogens (tertiary/aromatic N) is 1. The van der Waals surface area contributed by atoms with Crippen LogP contribution in [0, 0.1) is 0 Å². The second-order valence-electron chi connectivity index (χ2n) is 2.09. The van der Waals surface area contributed by atoms with E-state index in [1.165, 1.54) is 6.92 Å². The molecule has 0 aromatic heterocycles. The summed E-state index contributed by atoms with van der Waals surface area (Å²) in [5, 5.41) is -0.636. The summed E-state index contributed by atoms with van der Waals surface area (Å²) in [7, 11) is 0. The van der Waals surface area contributed by atoms with Gasteiger partial charge in [0.1, 0.15) is 5.16 Å². The Morgan fingerprint density at radius 3 is 2.23 bits per heavy atom. The second-order valence-corrected chi connectivity index (χ2v) is 4.15. The predicted molar refractivity (Wildman–Crippen MR) is 56.3 cm³/mol. The Morgan fingerprint density at radius 2 is 2.00 bits per heavy atom. The smallest absolute Gasteiger partial charge is 0.252 e. The van der Waals surface area contributed by atoms with Crippen molar-refractivity contribution in [3.8, 4) is 0 Å². The number of rotatable bonds is 2. The molecule has 74 valence electrons. The van der Waals surface area contributed by atoms with E-state index in [1.807, 2.05) is 0 Å². The molecule has 0 aromatic carbocycles. The van der Waals surface area contributed by atoms with Crippen molar-refractivity contribution < 1.29 is 13.2 Å². The molecule has 0 bridgehead atoms. The van der Waals surface area contributed by atoms with Gasteiger partial charge in [-0.1, -0.05) is 11.6 Å². The average Bonchev–Trinajstić information content (AvgIpc) is 1.96. The largest absolute Gasteiger partial charge is 0.419 e. The van der Waals surface area contributed by atoms with Crippen molar-refractivity contribution in [2.45, 2.75) is 13.1 Å². The van der Waals surface area contributed by atoms with Gasteiger partial charge in [0.25, 0.3) is 0 Å². The Balaban J connectivity index is 5.24. The summed E-state index contributed by atoms with van der Waals surface area (Å²) in [4.78, 5) is 3.04. The first-order valence-corrected chi connectivity index (χ1v) is 4.52. The summed E-state index contributed by atoms with van der Waals surface area (Å²) >= 11 is 7.00. The molecular weight excluding hydrogens is 317 g/mol. The van der Waals surface area contributed by atoms with E-state index in [-0.39, 0.29) is 0 Å². The van der Waals surface area contributed by atoms with Crippen LogP contribution in [0.3, 0.4) is 0 Å². The van der Waals surface area contributed by atoms with Gasteiger partial charge in [0.15, 0.2) is 0 Å². The zero-order valence-corrected chi connectivity index (χ0v) is 9.53. The van der Waals surface area contributed by atoms with Crippen molar-refractivity contribution in [1.82, 2.24) is 0 Å². The van der Waals surface area contributed by atoms with Crippen LogP contribution in [0.2, 0.25) is 0 Å². The average molecular weight is 323 g/mol. The van der Waals surface area contributed by atoms with Crippen molar-refractivity contribution in [1.29, 1.82) is 0 Å². The molecule has 0 aliphatic rings. The van der Waals surface area contributed by atoms with Crippen molar-refractivity contribution in [2.75, 3.05) is 0 Å². The first-order valence-electron chi connectivity index (χ1n) is 3.06. The van der Waals surface area contributed by atoms with Crippen LogP contribution in [0.4, 0.5) is 13.2 Å². The molecule has 0 aliphatic heterocycles. The van der Waals surface area contributed by atoms with Crippen molar-refractivity contribution in [3.05, 3.63) is 20.4 Å². The van der Waals surface area contributed by atoms with Crippen molar-refractivity contribution in [2.24, 2.45) is 4.99 Å². The second kappa shape index (κ2) is 4.99. The predicted octanol–water partition coefficient (Wildman–Crippen LogP) is 4.04. The molecule has 0 rings (SSSR count). The molecule has 0 radical (unpaired) electrons. The highest BCUT2D eigenvalue weighted by Crippen LogP contribution is 2.32. The van der Waals surface area contributed by atoms with Gasteiger partial charge in [-0.25, -0.2) is 0 Å². The van der Waals surface area contributed by atoms with Crippen molar-refractivity contribution in [3.63, 3.8) is 0 Å². The zero-order chi connectivity index (χ0) is 10.6. The third kappa shape index (κ3) is 4.66. The first-order chi connectivity index (χ1) is 5.79. The van der Waals surface area contributed by atoms with E-state index in [4.69, 9.17) is 11.6 Å². The molecule has 0 aliphatic carbocycles. The molecule has 13 heavy (non-hydrogen) atoms. The molecule has 0 spiro atoms. The molecule has 0 saturated heterocycles. The quantitative estimate of drug-likeness (QED) is 0.315. The van der Waals surface area contributed by atoms with E-state index in [9.17, 15) is 13.2 Å². The molecule has 0 saturated carbocycles. The summed E-state index contributed by atoms with van der Waals surface area (Å²) < 4.78 is 37.2. The molecule has 0 heterocycles. The molecule has 0 unspecified atom stereocenters. The van der Waals surface area contributed by atoms with Crippen LogP contribution in [-0.4, -0.2) is 12.9 Å². The summed E-state index contributed by atoms with van der Waals surface area (Å²) in [5.41, 5.74) is -0.976. The molecule has 0 amide bonds. The van der Waals surface area contributed by atoms with Gasteiger partial charge < -0.3 is 0 Å². The number of hydrogen-bond donors (Lipinski definition) is 0. The van der Waals surface area contributed by atoms with E-state index < -0.39 is 16.9 Å². The lowest BCUT2D eigenvalue weighted by Gasteiger charge is -2.08. The highest BCUT2D eigenvalue weighted by Gasteiger charge is 2.34. The van der Waals surface area contributed by atoms with Gasteiger partial charge in [0.2, 0.25) is 0 Å². The molecule has 0 N–H and O–H groups in total. The van der Waals surface area contributed by atoms with E-state index in [2.05, 4.69) is 11.7 Å². The Labute approximate surface area is 92.5 Å². The van der Waals surface area contributed by atoms with Crippen molar-refractivity contribution >= 4 is 40.9 Å². The van der Waals surface area contributed by atoms with E-state index in [0.717, 1.165) is 6.08 Å². The van der Waals surface area contributed by atoms with Crippen LogP contribution in [0.5, 0.6) is 0 Å². The molecule has 0 fully saturated rings. The van der Waals surface area contributed by atoms with Crippen LogP contribution in [-0.2, 0) is 0 Å². The number of aliphatic imine (C=N–C) groups is 1. The minimum Gasteiger partial charge on any atom is -0.252 e. The SMILES string of the molecule is C=N/C(Cl)=C(\C=C(/C)I)C(F)(F)F. The third-order valence-corrected chi connectivity index (χ3v) is 1.64. The van der Waals surface area contributed by atoms with Crippen LogP contribution >= 0.6 is 34.2 Å². The molecule has 6 heteroatoms. The monoisotopic (exact) mass is 323 g/mol. The number of alkyl halides is 3. The fourth-order valence-corrected chi connectivity index (χ4v) is 1.02. The molecule has 0 atom stereocenters. The topological polar surface area (TPSA) is 12.4 Å². The lowest BCUT2D eigenvalue weighted by atomic mass is 10.2. The molecule has 0 aromatic rings. The maximum Gasteiger partial charge on any atom is 0.419 e. The number of halogens is 5. The number of hydrogen-bond acceptors (Lipinski definition) is 1. The lowest BCUT2D eigenvalue weighted by molar-refractivity contribution is -0.0886. The van der Waals surface area contributed by atoms with Gasteiger partial charge in [0, 0.05) is 0 Å². The van der Waals surface area contributed by atoms with E-state index in [0.29, 0.717) is 3.58 Å². The van der Waals surface area contributed by atoms with Crippen LogP contribution < -0.4 is 0 Å². The summed E-state index contributed by atoms with van der Waals surface area (Å²) in [6.45, 7) is 4.46. The van der Waals surface area contributed by atoms with Gasteiger partial charge in [-0.3, -0.25) is 4.99 Å². The van der Waals surface area contributed by atoms with E-state index in [1.54, 1.807) is 22.6 Å². The Hall–Kier alpha value is -0.0400. The van der Waals surface area contributed by atoms with Gasteiger partial charge in [-0.15, -0.1) is 0 Å². The van der Waals surface area contributed by atoms with Gasteiger partial charge >= 0.3 is 6.18 Å². The maximum absolute atomic E-state index is 12.2. The Bertz CT molecular complexity index is 263.